The first-order valence-corrected chi connectivity index (χ1v) is 6.62. The fourth-order valence-electron chi connectivity index (χ4n) is 1.80. The number of benzene rings is 1. The Labute approximate surface area is 113 Å². The summed E-state index contributed by atoms with van der Waals surface area (Å²) in [5.74, 6) is -1.17. The molecule has 2 rings (SSSR count). The molecule has 0 amide bonds. The predicted octanol–water partition coefficient (Wildman–Crippen LogP) is 4.23. The summed E-state index contributed by atoms with van der Waals surface area (Å²) in [5, 5.41) is 0. The number of thiophene rings is 1. The summed E-state index contributed by atoms with van der Waals surface area (Å²) in [5.41, 5.74) is 6.23. The van der Waals surface area contributed by atoms with Crippen LogP contribution in [0.15, 0.2) is 24.3 Å². The predicted molar refractivity (Wildman–Crippen MR) is 71.1 cm³/mol. The Hall–Kier alpha value is -0.970. The molecule has 18 heavy (non-hydrogen) atoms. The van der Waals surface area contributed by atoms with Crippen LogP contribution in [0.3, 0.4) is 0 Å². The minimum Gasteiger partial charge on any atom is -0.323 e. The molecule has 2 aromatic rings. The molecule has 0 saturated heterocycles. The Balaban J connectivity index is 2.28. The van der Waals surface area contributed by atoms with Crippen molar-refractivity contribution in [3.05, 3.63) is 56.2 Å². The van der Waals surface area contributed by atoms with Gasteiger partial charge in [-0.2, -0.15) is 0 Å². The van der Waals surface area contributed by atoms with Gasteiger partial charge >= 0.3 is 0 Å². The highest BCUT2D eigenvalue weighted by molar-refractivity contribution is 7.16. The lowest BCUT2D eigenvalue weighted by molar-refractivity contribution is 0.521. The van der Waals surface area contributed by atoms with Gasteiger partial charge in [0.05, 0.1) is 4.34 Å². The van der Waals surface area contributed by atoms with Gasteiger partial charge in [-0.1, -0.05) is 17.7 Å². The van der Waals surface area contributed by atoms with Crippen LogP contribution in [-0.4, -0.2) is 0 Å². The molecule has 0 radical (unpaired) electrons. The molecule has 0 aliphatic rings. The summed E-state index contributed by atoms with van der Waals surface area (Å²) in [6.45, 7) is 1.59. The highest BCUT2D eigenvalue weighted by atomic mass is 35.5. The molecule has 1 heterocycles. The van der Waals surface area contributed by atoms with Gasteiger partial charge in [0.1, 0.15) is 11.6 Å². The molecule has 5 heteroatoms. The van der Waals surface area contributed by atoms with Crippen LogP contribution in [0.25, 0.3) is 0 Å². The molecular formula is C13H12ClF2NS. The normalized spacial score (nSPS) is 12.7. The van der Waals surface area contributed by atoms with Gasteiger partial charge in [0.25, 0.3) is 0 Å². The third-order valence-corrected chi connectivity index (χ3v) is 3.99. The summed E-state index contributed by atoms with van der Waals surface area (Å²) in [7, 11) is 0. The van der Waals surface area contributed by atoms with Gasteiger partial charge in [-0.25, -0.2) is 8.78 Å². The van der Waals surface area contributed by atoms with E-state index in [0.717, 1.165) is 4.88 Å². The summed E-state index contributed by atoms with van der Waals surface area (Å²) in [4.78, 5) is 0.910. The molecular weight excluding hydrogens is 276 g/mol. The number of nitrogens with two attached hydrogens (primary N) is 1. The van der Waals surface area contributed by atoms with Crippen molar-refractivity contribution >= 4 is 22.9 Å². The largest absolute Gasteiger partial charge is 0.323 e. The van der Waals surface area contributed by atoms with Crippen molar-refractivity contribution in [2.75, 3.05) is 0 Å². The van der Waals surface area contributed by atoms with Crippen molar-refractivity contribution in [1.29, 1.82) is 0 Å². The van der Waals surface area contributed by atoms with E-state index in [1.807, 2.05) is 6.07 Å². The molecule has 0 saturated carbocycles. The van der Waals surface area contributed by atoms with E-state index in [2.05, 4.69) is 0 Å². The average Bonchev–Trinajstić information content (AvgIpc) is 2.70. The summed E-state index contributed by atoms with van der Waals surface area (Å²) in [6.07, 6.45) is 0.370. The Morgan fingerprint density at radius 3 is 2.61 bits per heavy atom. The zero-order valence-electron chi connectivity index (χ0n) is 9.71. The molecule has 1 unspecified atom stereocenters. The molecule has 0 aliphatic heterocycles. The van der Waals surface area contributed by atoms with Gasteiger partial charge in [-0.3, -0.25) is 0 Å². The van der Waals surface area contributed by atoms with E-state index < -0.39 is 17.7 Å². The number of halogens is 3. The first-order chi connectivity index (χ1) is 8.49. The van der Waals surface area contributed by atoms with Crippen molar-refractivity contribution < 1.29 is 8.78 Å². The van der Waals surface area contributed by atoms with Crippen molar-refractivity contribution in [2.24, 2.45) is 5.73 Å². The van der Waals surface area contributed by atoms with Gasteiger partial charge in [-0.05, 0) is 30.7 Å². The summed E-state index contributed by atoms with van der Waals surface area (Å²) in [6, 6.07) is 5.51. The minimum atomic E-state index is -0.709. The van der Waals surface area contributed by atoms with Gasteiger partial charge in [0, 0.05) is 22.9 Å². The fourth-order valence-corrected chi connectivity index (χ4v) is 2.94. The van der Waals surface area contributed by atoms with E-state index in [1.165, 1.54) is 23.5 Å². The maximum atomic E-state index is 13.9. The van der Waals surface area contributed by atoms with Crippen molar-refractivity contribution in [1.82, 2.24) is 0 Å². The first kappa shape index (κ1) is 13.5. The zero-order chi connectivity index (χ0) is 13.3. The molecule has 1 aromatic heterocycles. The molecule has 0 spiro atoms. The van der Waals surface area contributed by atoms with E-state index in [-0.39, 0.29) is 5.56 Å². The van der Waals surface area contributed by atoms with Crippen molar-refractivity contribution in [3.63, 3.8) is 0 Å². The summed E-state index contributed by atoms with van der Waals surface area (Å²) < 4.78 is 28.2. The highest BCUT2D eigenvalue weighted by Crippen LogP contribution is 2.28. The topological polar surface area (TPSA) is 26.0 Å². The van der Waals surface area contributed by atoms with E-state index in [1.54, 1.807) is 13.0 Å². The lowest BCUT2D eigenvalue weighted by atomic mass is 10.00. The molecule has 96 valence electrons. The maximum Gasteiger partial charge on any atom is 0.133 e. The Bertz CT molecular complexity index is 568. The molecule has 0 aliphatic carbocycles. The molecule has 1 atom stereocenters. The van der Waals surface area contributed by atoms with E-state index >= 15 is 0 Å². The SMILES string of the molecule is Cc1ccc(F)c(C(N)Cc2ccc(Cl)s2)c1F. The lowest BCUT2D eigenvalue weighted by Crippen LogP contribution is -2.17. The number of aryl methyl sites for hydroxylation is 1. The van der Waals surface area contributed by atoms with Gasteiger partial charge in [-0.15, -0.1) is 11.3 Å². The van der Waals surface area contributed by atoms with Gasteiger partial charge in [0.2, 0.25) is 0 Å². The first-order valence-electron chi connectivity index (χ1n) is 5.43. The number of rotatable bonds is 3. The zero-order valence-corrected chi connectivity index (χ0v) is 11.3. The van der Waals surface area contributed by atoms with Crippen LogP contribution in [0.5, 0.6) is 0 Å². The van der Waals surface area contributed by atoms with E-state index in [9.17, 15) is 8.78 Å². The second kappa shape index (κ2) is 5.34. The van der Waals surface area contributed by atoms with Crippen LogP contribution in [0.2, 0.25) is 4.34 Å². The average molecular weight is 288 g/mol. The Morgan fingerprint density at radius 2 is 2.00 bits per heavy atom. The monoisotopic (exact) mass is 287 g/mol. The van der Waals surface area contributed by atoms with Crippen LogP contribution in [0, 0.1) is 18.6 Å². The van der Waals surface area contributed by atoms with Crippen LogP contribution in [0.1, 0.15) is 22.0 Å². The van der Waals surface area contributed by atoms with Crippen LogP contribution >= 0.6 is 22.9 Å². The smallest absolute Gasteiger partial charge is 0.133 e. The second-order valence-electron chi connectivity index (χ2n) is 4.11. The van der Waals surface area contributed by atoms with Gasteiger partial charge in [0.15, 0.2) is 0 Å². The van der Waals surface area contributed by atoms with Crippen molar-refractivity contribution in [3.8, 4) is 0 Å². The molecule has 0 bridgehead atoms. The van der Waals surface area contributed by atoms with Crippen LogP contribution in [0.4, 0.5) is 8.78 Å². The van der Waals surface area contributed by atoms with Crippen LogP contribution < -0.4 is 5.73 Å². The molecule has 2 N–H and O–H groups in total. The fraction of sp³-hybridized carbons (Fsp3) is 0.231. The summed E-state index contributed by atoms with van der Waals surface area (Å²) >= 11 is 7.17. The highest BCUT2D eigenvalue weighted by Gasteiger charge is 2.19. The number of hydrogen-bond acceptors (Lipinski definition) is 2. The van der Waals surface area contributed by atoms with E-state index in [4.69, 9.17) is 17.3 Å². The quantitative estimate of drug-likeness (QED) is 0.898. The van der Waals surface area contributed by atoms with Gasteiger partial charge < -0.3 is 5.73 Å². The molecule has 1 aromatic carbocycles. The Kier molecular flexibility index (Phi) is 4.00. The molecule has 1 nitrogen and oxygen atoms in total. The Morgan fingerprint density at radius 1 is 1.28 bits per heavy atom. The minimum absolute atomic E-state index is 0.0560. The van der Waals surface area contributed by atoms with Crippen LogP contribution in [-0.2, 0) is 6.42 Å². The molecule has 0 fully saturated rings. The maximum absolute atomic E-state index is 13.9. The van der Waals surface area contributed by atoms with E-state index in [0.29, 0.717) is 16.3 Å². The lowest BCUT2D eigenvalue weighted by Gasteiger charge is -2.14. The second-order valence-corrected chi connectivity index (χ2v) is 5.91. The standard InChI is InChI=1S/C13H12ClF2NS/c1-7-2-4-9(15)12(13(7)16)10(17)6-8-3-5-11(14)18-8/h2-5,10H,6,17H2,1H3. The third kappa shape index (κ3) is 2.71. The third-order valence-electron chi connectivity index (χ3n) is 2.74. The number of hydrogen-bond donors (Lipinski definition) is 1. The van der Waals surface area contributed by atoms with Crippen molar-refractivity contribution in [2.45, 2.75) is 19.4 Å².